The molecular weight excluding hydrogens is 851 g/mol. The van der Waals surface area contributed by atoms with Crippen LogP contribution in [0.25, 0.3) is 0 Å². The summed E-state index contributed by atoms with van der Waals surface area (Å²) < 4.78 is 0. The van der Waals surface area contributed by atoms with Crippen LogP contribution in [0.5, 0.6) is 0 Å². The van der Waals surface area contributed by atoms with Gasteiger partial charge in [-0.05, 0) is 56.5 Å². The Kier molecular flexibility index (Phi) is 22.6. The summed E-state index contributed by atoms with van der Waals surface area (Å²) in [5, 5.41) is 35.0. The first-order valence-electron chi connectivity index (χ1n) is 22.1. The SMILES string of the molecule is C=C(CCSCc1cccc(CSCCC(=O)NC2(C=O)CCN(C(=O)CN3CCN(CC(=O)O)CCN(CC(=O)O)CCN(CC(=O)O)CC3)CC2)n1)NC1CCN(CC)CC1. The fourth-order valence-corrected chi connectivity index (χ4v) is 9.75. The number of nitrogens with zero attached hydrogens (tertiary/aromatic N) is 7. The molecule has 0 aliphatic carbocycles. The zero-order valence-electron chi connectivity index (χ0n) is 36.9. The van der Waals surface area contributed by atoms with E-state index in [1.165, 1.54) is 0 Å². The topological polar surface area (TPSA) is 219 Å². The van der Waals surface area contributed by atoms with Gasteiger partial charge in [-0.25, -0.2) is 0 Å². The number of carbonyl (C=O) groups excluding carboxylic acids is 3. The van der Waals surface area contributed by atoms with E-state index in [0.717, 1.165) is 73.8 Å². The molecule has 63 heavy (non-hydrogen) atoms. The third-order valence-electron chi connectivity index (χ3n) is 11.8. The molecule has 5 N–H and O–H groups in total. The fourth-order valence-electron chi connectivity index (χ4n) is 8.00. The van der Waals surface area contributed by atoms with Crippen molar-refractivity contribution >= 4 is 59.5 Å². The molecule has 1 aromatic rings. The second kappa shape index (κ2) is 27.5. The van der Waals surface area contributed by atoms with Crippen LogP contribution in [-0.2, 0) is 40.3 Å². The average Bonchev–Trinajstić information content (AvgIpc) is 3.25. The highest BCUT2D eigenvalue weighted by Gasteiger charge is 2.37. The Bertz CT molecular complexity index is 1630. The number of thioether (sulfide) groups is 2. The molecule has 0 saturated carbocycles. The largest absolute Gasteiger partial charge is 0.480 e. The van der Waals surface area contributed by atoms with E-state index < -0.39 is 23.4 Å². The van der Waals surface area contributed by atoms with Gasteiger partial charge >= 0.3 is 17.9 Å². The highest BCUT2D eigenvalue weighted by molar-refractivity contribution is 7.98. The number of likely N-dealkylation sites (tertiary alicyclic amines) is 2. The molecule has 3 aliphatic heterocycles. The molecular formula is C43H69N9O9S2. The Morgan fingerprint density at radius 2 is 1.17 bits per heavy atom. The number of carboxylic acid groups (broad SMARTS) is 3. The van der Waals surface area contributed by atoms with Crippen molar-refractivity contribution in [3.63, 3.8) is 0 Å². The zero-order chi connectivity index (χ0) is 45.6. The second-order valence-corrected chi connectivity index (χ2v) is 18.9. The van der Waals surface area contributed by atoms with Gasteiger partial charge in [-0.3, -0.25) is 48.6 Å². The number of carboxylic acids is 3. The van der Waals surface area contributed by atoms with Crippen LogP contribution in [0.15, 0.2) is 30.5 Å². The van der Waals surface area contributed by atoms with Gasteiger partial charge in [0.2, 0.25) is 11.8 Å². The van der Waals surface area contributed by atoms with Crippen LogP contribution in [0.1, 0.15) is 56.8 Å². The molecule has 0 bridgehead atoms. The van der Waals surface area contributed by atoms with Crippen LogP contribution in [0.3, 0.4) is 0 Å². The molecule has 20 heteroatoms. The van der Waals surface area contributed by atoms with E-state index in [4.69, 9.17) is 4.98 Å². The standard InChI is InChI=1S/C43H69N9O9S2/c1-3-47-13-7-35(8-14-47)44-34(2)9-25-62-31-36-5-4-6-37(45-36)32-63-26-10-38(54)46-43(33-53)11-15-52(16-12-43)39(55)27-48-17-19-49(28-40(56)57)21-23-51(30-42(60)61)24-22-50(20-18-48)29-41(58)59/h4-6,33,35,44H,2-3,7-32H2,1H3,(H,46,54)(H,56,57)(H,58,59)(H,60,61). The van der Waals surface area contributed by atoms with Gasteiger partial charge in [0.05, 0.1) is 43.1 Å². The molecule has 3 fully saturated rings. The predicted octanol–water partition coefficient (Wildman–Crippen LogP) is 1.07. The van der Waals surface area contributed by atoms with E-state index in [1.54, 1.807) is 31.4 Å². The summed E-state index contributed by atoms with van der Waals surface area (Å²) in [6.07, 6.45) is 4.79. The minimum Gasteiger partial charge on any atom is -0.480 e. The van der Waals surface area contributed by atoms with Crippen molar-refractivity contribution in [3.05, 3.63) is 41.9 Å². The third kappa shape index (κ3) is 19.9. The molecule has 0 unspecified atom stereocenters. The number of hydrogen-bond donors (Lipinski definition) is 5. The maximum atomic E-state index is 13.6. The summed E-state index contributed by atoms with van der Waals surface area (Å²) in [5.41, 5.74) is 2.01. The predicted molar refractivity (Wildman–Crippen MR) is 245 cm³/mol. The molecule has 0 radical (unpaired) electrons. The van der Waals surface area contributed by atoms with Crippen LogP contribution in [0.2, 0.25) is 0 Å². The summed E-state index contributed by atoms with van der Waals surface area (Å²) >= 11 is 3.46. The summed E-state index contributed by atoms with van der Waals surface area (Å²) in [5.74, 6) is -0.477. The van der Waals surface area contributed by atoms with Gasteiger partial charge in [0, 0.05) is 114 Å². The number of piperidine rings is 2. The molecule has 2 amide bonds. The normalized spacial score (nSPS) is 19.3. The van der Waals surface area contributed by atoms with Crippen molar-refractivity contribution in [1.29, 1.82) is 0 Å². The molecule has 352 valence electrons. The quantitative estimate of drug-likeness (QED) is 0.0766. The lowest BCUT2D eigenvalue weighted by molar-refractivity contribution is -0.141. The van der Waals surface area contributed by atoms with Crippen LogP contribution in [-0.4, -0.2) is 220 Å². The van der Waals surface area contributed by atoms with Crippen molar-refractivity contribution in [2.45, 2.75) is 68.5 Å². The lowest BCUT2D eigenvalue weighted by Crippen LogP contribution is -2.58. The molecule has 0 atom stereocenters. The number of rotatable bonds is 23. The second-order valence-electron chi connectivity index (χ2n) is 16.7. The number of aldehydes is 1. The average molecular weight is 920 g/mol. The van der Waals surface area contributed by atoms with E-state index in [2.05, 4.69) is 29.0 Å². The zero-order valence-corrected chi connectivity index (χ0v) is 38.6. The van der Waals surface area contributed by atoms with Crippen molar-refractivity contribution in [2.75, 3.05) is 123 Å². The van der Waals surface area contributed by atoms with Gasteiger partial charge in [0.25, 0.3) is 0 Å². The van der Waals surface area contributed by atoms with E-state index in [-0.39, 0.29) is 96.5 Å². The smallest absolute Gasteiger partial charge is 0.317 e. The van der Waals surface area contributed by atoms with Gasteiger partial charge in [-0.2, -0.15) is 23.5 Å². The Balaban J connectivity index is 1.18. The number of allylic oxidation sites excluding steroid dienone is 1. The first kappa shape index (κ1) is 51.8. The maximum absolute atomic E-state index is 13.6. The van der Waals surface area contributed by atoms with Crippen LogP contribution >= 0.6 is 23.5 Å². The number of pyridine rings is 1. The van der Waals surface area contributed by atoms with Gasteiger partial charge < -0.3 is 40.5 Å². The summed E-state index contributed by atoms with van der Waals surface area (Å²) in [6.45, 7) is 12.0. The lowest BCUT2D eigenvalue weighted by Gasteiger charge is -2.39. The molecule has 3 saturated heterocycles. The van der Waals surface area contributed by atoms with Gasteiger partial charge in [0.15, 0.2) is 0 Å². The monoisotopic (exact) mass is 919 g/mol. The van der Waals surface area contributed by atoms with Crippen molar-refractivity contribution in [3.8, 4) is 0 Å². The van der Waals surface area contributed by atoms with Crippen LogP contribution < -0.4 is 10.6 Å². The molecule has 0 aromatic carbocycles. The molecule has 3 aliphatic rings. The lowest BCUT2D eigenvalue weighted by atomic mass is 9.88. The van der Waals surface area contributed by atoms with E-state index in [0.29, 0.717) is 43.7 Å². The number of nitrogens with one attached hydrogen (secondary N) is 2. The number of amides is 2. The highest BCUT2D eigenvalue weighted by atomic mass is 32.2. The Hall–Kier alpha value is -3.79. The first-order valence-corrected chi connectivity index (χ1v) is 24.4. The first-order chi connectivity index (χ1) is 30.2. The Labute approximate surface area is 380 Å². The number of carbonyl (C=O) groups is 6. The number of hydrogen-bond acceptors (Lipinski definition) is 15. The summed E-state index contributed by atoms with van der Waals surface area (Å²) in [6, 6.07) is 6.57. The summed E-state index contributed by atoms with van der Waals surface area (Å²) in [4.78, 5) is 89.7. The highest BCUT2D eigenvalue weighted by Crippen LogP contribution is 2.22. The number of aliphatic carboxylic acids is 3. The van der Waals surface area contributed by atoms with E-state index >= 15 is 0 Å². The van der Waals surface area contributed by atoms with E-state index in [1.807, 2.05) is 34.9 Å². The van der Waals surface area contributed by atoms with Gasteiger partial charge in [-0.15, -0.1) is 0 Å². The van der Waals surface area contributed by atoms with Gasteiger partial charge in [-0.1, -0.05) is 19.6 Å². The third-order valence-corrected chi connectivity index (χ3v) is 13.8. The summed E-state index contributed by atoms with van der Waals surface area (Å²) in [7, 11) is 0. The number of aromatic nitrogens is 1. The minimum atomic E-state index is -1.07. The van der Waals surface area contributed by atoms with Gasteiger partial charge in [0.1, 0.15) is 6.29 Å². The van der Waals surface area contributed by atoms with Crippen LogP contribution in [0.4, 0.5) is 0 Å². The van der Waals surface area contributed by atoms with Crippen LogP contribution in [0, 0.1) is 0 Å². The van der Waals surface area contributed by atoms with Crippen molar-refractivity contribution in [2.24, 2.45) is 0 Å². The molecule has 18 nitrogen and oxygen atoms in total. The fraction of sp³-hybridized carbons (Fsp3) is 0.698. The maximum Gasteiger partial charge on any atom is 0.317 e. The van der Waals surface area contributed by atoms with Crippen molar-refractivity contribution in [1.82, 2.24) is 45.0 Å². The Morgan fingerprint density at radius 3 is 1.62 bits per heavy atom. The molecule has 1 aromatic heterocycles. The van der Waals surface area contributed by atoms with E-state index in [9.17, 15) is 44.1 Å². The Morgan fingerprint density at radius 1 is 0.714 bits per heavy atom. The minimum absolute atomic E-state index is 0.00789. The molecule has 4 heterocycles. The van der Waals surface area contributed by atoms with Crippen molar-refractivity contribution < 1.29 is 44.1 Å². The molecule has 4 rings (SSSR count). The molecule has 0 spiro atoms.